The van der Waals surface area contributed by atoms with Gasteiger partial charge in [0.1, 0.15) is 0 Å². The van der Waals surface area contributed by atoms with Gasteiger partial charge in [-0.05, 0) is 51.1 Å². The molecular formula is C33H53N. The molecule has 1 nitrogen and oxygen atoms in total. The third-order valence-electron chi connectivity index (χ3n) is 7.18. The van der Waals surface area contributed by atoms with Gasteiger partial charge >= 0.3 is 0 Å². The Kier molecular flexibility index (Phi) is 17.5. The van der Waals surface area contributed by atoms with E-state index in [4.69, 9.17) is 0 Å². The van der Waals surface area contributed by atoms with E-state index in [2.05, 4.69) is 73.0 Å². The summed E-state index contributed by atoms with van der Waals surface area (Å²) in [6.45, 7) is 3.41. The normalized spacial score (nSPS) is 24.1. The van der Waals surface area contributed by atoms with Crippen LogP contribution in [0.5, 0.6) is 0 Å². The molecule has 190 valence electrons. The Labute approximate surface area is 212 Å². The van der Waals surface area contributed by atoms with E-state index in [0.717, 1.165) is 6.04 Å². The first kappa shape index (κ1) is 28.6. The molecule has 0 aromatic carbocycles. The summed E-state index contributed by atoms with van der Waals surface area (Å²) in [6.07, 6.45) is 46.8. The van der Waals surface area contributed by atoms with Gasteiger partial charge in [0.05, 0.1) is 0 Å². The molecule has 0 aromatic heterocycles. The van der Waals surface area contributed by atoms with E-state index < -0.39 is 0 Å². The van der Waals surface area contributed by atoms with E-state index in [-0.39, 0.29) is 0 Å². The summed E-state index contributed by atoms with van der Waals surface area (Å²) in [5, 5.41) is 3.93. The second-order valence-corrected chi connectivity index (χ2v) is 10.4. The van der Waals surface area contributed by atoms with Crippen LogP contribution in [0.15, 0.2) is 71.9 Å². The summed E-state index contributed by atoms with van der Waals surface area (Å²) in [5.74, 6) is 0. The van der Waals surface area contributed by atoms with Gasteiger partial charge < -0.3 is 5.32 Å². The molecule has 0 amide bonds. The van der Waals surface area contributed by atoms with E-state index in [1.807, 2.05) is 0 Å². The zero-order chi connectivity index (χ0) is 23.9. The van der Waals surface area contributed by atoms with E-state index >= 15 is 0 Å². The summed E-state index contributed by atoms with van der Waals surface area (Å²) >= 11 is 0. The number of hydrogen-bond acceptors (Lipinski definition) is 1. The van der Waals surface area contributed by atoms with Crippen molar-refractivity contribution in [1.29, 1.82) is 0 Å². The molecule has 1 fully saturated rings. The van der Waals surface area contributed by atoms with Crippen molar-refractivity contribution in [1.82, 2.24) is 5.32 Å². The van der Waals surface area contributed by atoms with Crippen molar-refractivity contribution in [2.24, 2.45) is 0 Å². The molecule has 34 heavy (non-hydrogen) atoms. The Bertz CT molecular complexity index is 659. The minimum absolute atomic E-state index is 0.774. The lowest BCUT2D eigenvalue weighted by molar-refractivity contribution is 0.410. The Morgan fingerprint density at radius 1 is 0.618 bits per heavy atom. The first-order chi connectivity index (χ1) is 16.8. The van der Waals surface area contributed by atoms with Gasteiger partial charge in [-0.1, -0.05) is 150 Å². The van der Waals surface area contributed by atoms with Crippen molar-refractivity contribution in [3.8, 4) is 0 Å². The SMILES string of the molecule is CC1=C\C(CCCCCCCNC2CCCCCCCCCCCC2)=C/C=C\C=C/C=C\C=C1. The molecular weight excluding hydrogens is 410 g/mol. The topological polar surface area (TPSA) is 12.0 Å². The third-order valence-corrected chi connectivity index (χ3v) is 7.18. The zero-order valence-electron chi connectivity index (χ0n) is 22.3. The van der Waals surface area contributed by atoms with Crippen LogP contribution in [0.25, 0.3) is 0 Å². The van der Waals surface area contributed by atoms with Crippen molar-refractivity contribution in [2.45, 2.75) is 129 Å². The fraction of sp³-hybridized carbons (Fsp3) is 0.636. The zero-order valence-corrected chi connectivity index (χ0v) is 22.3. The van der Waals surface area contributed by atoms with Gasteiger partial charge in [-0.2, -0.15) is 0 Å². The Balaban J connectivity index is 1.59. The average molecular weight is 464 g/mol. The molecule has 1 saturated carbocycles. The van der Waals surface area contributed by atoms with Crippen LogP contribution in [0.2, 0.25) is 0 Å². The van der Waals surface area contributed by atoms with Crippen LogP contribution >= 0.6 is 0 Å². The average Bonchev–Trinajstić information content (AvgIpc) is 2.85. The highest BCUT2D eigenvalue weighted by molar-refractivity contribution is 5.34. The summed E-state index contributed by atoms with van der Waals surface area (Å²) in [7, 11) is 0. The van der Waals surface area contributed by atoms with Crippen LogP contribution in [0.3, 0.4) is 0 Å². The van der Waals surface area contributed by atoms with Gasteiger partial charge in [0.2, 0.25) is 0 Å². The lowest BCUT2D eigenvalue weighted by Crippen LogP contribution is -2.30. The molecule has 0 bridgehead atoms. The molecule has 0 aromatic rings. The molecule has 0 saturated heterocycles. The van der Waals surface area contributed by atoms with Crippen LogP contribution in [-0.2, 0) is 0 Å². The third kappa shape index (κ3) is 16.1. The van der Waals surface area contributed by atoms with Crippen molar-refractivity contribution >= 4 is 0 Å². The first-order valence-corrected chi connectivity index (χ1v) is 14.6. The Hall–Kier alpha value is -1.60. The van der Waals surface area contributed by atoms with E-state index in [0.29, 0.717) is 0 Å². The lowest BCUT2D eigenvalue weighted by Gasteiger charge is -2.19. The second kappa shape index (κ2) is 20.7. The van der Waals surface area contributed by atoms with Gasteiger partial charge in [-0.15, -0.1) is 0 Å². The molecule has 0 spiro atoms. The second-order valence-electron chi connectivity index (χ2n) is 10.4. The van der Waals surface area contributed by atoms with Crippen molar-refractivity contribution in [2.75, 3.05) is 6.54 Å². The van der Waals surface area contributed by atoms with Crippen molar-refractivity contribution < 1.29 is 0 Å². The quantitative estimate of drug-likeness (QED) is 0.335. The van der Waals surface area contributed by atoms with Crippen LogP contribution in [-0.4, -0.2) is 12.6 Å². The maximum atomic E-state index is 3.93. The highest BCUT2D eigenvalue weighted by Crippen LogP contribution is 2.18. The molecule has 0 atom stereocenters. The summed E-state index contributed by atoms with van der Waals surface area (Å²) in [4.78, 5) is 0. The highest BCUT2D eigenvalue weighted by Gasteiger charge is 2.08. The molecule has 1 N–H and O–H groups in total. The number of nitrogens with one attached hydrogen (secondary N) is 1. The number of rotatable bonds is 9. The summed E-state index contributed by atoms with van der Waals surface area (Å²) < 4.78 is 0. The largest absolute Gasteiger partial charge is 0.314 e. The van der Waals surface area contributed by atoms with Crippen molar-refractivity contribution in [3.63, 3.8) is 0 Å². The van der Waals surface area contributed by atoms with E-state index in [9.17, 15) is 0 Å². The lowest BCUT2D eigenvalue weighted by atomic mass is 10.0. The predicted octanol–water partition coefficient (Wildman–Crippen LogP) is 10.1. The maximum Gasteiger partial charge on any atom is 0.00670 e. The van der Waals surface area contributed by atoms with E-state index in [1.165, 1.54) is 133 Å². The van der Waals surface area contributed by atoms with Gasteiger partial charge in [-0.25, -0.2) is 0 Å². The Morgan fingerprint density at radius 2 is 1.15 bits per heavy atom. The van der Waals surface area contributed by atoms with Gasteiger partial charge in [0.25, 0.3) is 0 Å². The van der Waals surface area contributed by atoms with Crippen LogP contribution < -0.4 is 5.32 Å². The van der Waals surface area contributed by atoms with Crippen molar-refractivity contribution in [3.05, 3.63) is 71.9 Å². The fourth-order valence-corrected chi connectivity index (χ4v) is 5.09. The molecule has 1 heteroatoms. The number of unbranched alkanes of at least 4 members (excludes halogenated alkanes) is 4. The number of hydrogen-bond donors (Lipinski definition) is 1. The molecule has 0 radical (unpaired) electrons. The van der Waals surface area contributed by atoms with Crippen LogP contribution in [0.1, 0.15) is 122 Å². The summed E-state index contributed by atoms with van der Waals surface area (Å²) in [5.41, 5.74) is 2.76. The smallest absolute Gasteiger partial charge is 0.00670 e. The van der Waals surface area contributed by atoms with Crippen LogP contribution in [0, 0.1) is 0 Å². The Morgan fingerprint density at radius 3 is 1.82 bits per heavy atom. The standard InChI is InChI=1S/C33H53N/c1-31-24-18-12-7-6-8-13-19-25-32(30-31)26-20-14-11-17-23-29-34-33-27-21-15-9-4-2-3-5-10-16-22-28-33/h6-8,12-13,18-19,24-25,30,33-34H,2-5,9-11,14-17,20-23,26-29H2,1H3/b7-6?,8-6-,12-7-,13-8?,18-12?,19-13-,24-18?,25-19?,31-24?,31-30?,32-25-,32-30?. The summed E-state index contributed by atoms with van der Waals surface area (Å²) in [6, 6.07) is 0.774. The monoisotopic (exact) mass is 463 g/mol. The molecule has 0 heterocycles. The van der Waals surface area contributed by atoms with E-state index in [1.54, 1.807) is 0 Å². The fourth-order valence-electron chi connectivity index (χ4n) is 5.09. The minimum atomic E-state index is 0.774. The first-order valence-electron chi connectivity index (χ1n) is 14.6. The molecule has 2 rings (SSSR count). The molecule has 2 aliphatic carbocycles. The highest BCUT2D eigenvalue weighted by atomic mass is 14.9. The van der Waals surface area contributed by atoms with Gasteiger partial charge in [0, 0.05) is 6.04 Å². The molecule has 2 aliphatic rings. The predicted molar refractivity (Wildman–Crippen MR) is 153 cm³/mol. The molecule has 0 aliphatic heterocycles. The minimum Gasteiger partial charge on any atom is -0.314 e. The number of allylic oxidation sites excluding steroid dienone is 12. The van der Waals surface area contributed by atoms with Crippen LogP contribution in [0.4, 0.5) is 0 Å². The molecule has 0 unspecified atom stereocenters. The van der Waals surface area contributed by atoms with Gasteiger partial charge in [0.15, 0.2) is 0 Å². The van der Waals surface area contributed by atoms with Gasteiger partial charge in [-0.3, -0.25) is 0 Å². The maximum absolute atomic E-state index is 3.93.